The highest BCUT2D eigenvalue weighted by Crippen LogP contribution is 2.35. The van der Waals surface area contributed by atoms with Crippen molar-refractivity contribution in [2.45, 2.75) is 37.6 Å². The number of piperazine rings is 1. The molecule has 1 aromatic rings. The fourth-order valence-electron chi connectivity index (χ4n) is 3.36. The van der Waals surface area contributed by atoms with Crippen molar-refractivity contribution in [3.05, 3.63) is 20.8 Å². The van der Waals surface area contributed by atoms with Gasteiger partial charge in [-0.05, 0) is 12.8 Å². The number of nitrogens with one attached hydrogen (secondary N) is 3. The molecule has 1 aliphatic heterocycles. The van der Waals surface area contributed by atoms with Gasteiger partial charge in [-0.1, -0.05) is 19.3 Å². The van der Waals surface area contributed by atoms with Crippen LogP contribution in [-0.4, -0.2) is 40.4 Å². The van der Waals surface area contributed by atoms with Gasteiger partial charge < -0.3 is 10.2 Å². The summed E-state index contributed by atoms with van der Waals surface area (Å²) in [7, 11) is 0. The van der Waals surface area contributed by atoms with E-state index in [1.165, 1.54) is 19.3 Å². The maximum absolute atomic E-state index is 12.0. The third kappa shape index (κ3) is 2.18. The monoisotopic (exact) mass is 265 g/mol. The second-order valence-electron chi connectivity index (χ2n) is 5.44. The first-order chi connectivity index (χ1) is 9.21. The summed E-state index contributed by atoms with van der Waals surface area (Å²) >= 11 is 0. The molecule has 0 radical (unpaired) electrons. The molecule has 0 amide bonds. The molecule has 3 rings (SSSR count). The van der Waals surface area contributed by atoms with Gasteiger partial charge in [0, 0.05) is 19.6 Å². The summed E-state index contributed by atoms with van der Waals surface area (Å²) in [5.41, 5.74) is -0.966. The molecule has 2 aliphatic rings. The van der Waals surface area contributed by atoms with Crippen LogP contribution in [0.2, 0.25) is 0 Å². The number of hydrogen-bond donors (Lipinski definition) is 3. The highest BCUT2D eigenvalue weighted by Gasteiger charge is 2.41. The van der Waals surface area contributed by atoms with E-state index in [0.717, 1.165) is 32.5 Å². The van der Waals surface area contributed by atoms with Crippen LogP contribution in [0.4, 0.5) is 5.82 Å². The van der Waals surface area contributed by atoms with E-state index < -0.39 is 11.2 Å². The lowest BCUT2D eigenvalue weighted by atomic mass is 9.79. The number of rotatable bonds is 1. The molecule has 1 spiro atoms. The summed E-state index contributed by atoms with van der Waals surface area (Å²) in [6, 6.07) is 0. The summed E-state index contributed by atoms with van der Waals surface area (Å²) in [5.74, 6) is 0.350. The summed E-state index contributed by atoms with van der Waals surface area (Å²) in [6.45, 7) is 2.47. The first kappa shape index (κ1) is 12.4. The topological polar surface area (TPSA) is 93.9 Å². The van der Waals surface area contributed by atoms with Gasteiger partial charge in [-0.15, -0.1) is 5.10 Å². The molecule has 0 aromatic carbocycles. The van der Waals surface area contributed by atoms with E-state index in [0.29, 0.717) is 5.82 Å². The fraction of sp³-hybridized carbons (Fsp3) is 0.750. The van der Waals surface area contributed by atoms with E-state index in [2.05, 4.69) is 25.4 Å². The van der Waals surface area contributed by atoms with Crippen molar-refractivity contribution in [2.75, 3.05) is 24.5 Å². The molecular weight excluding hydrogens is 246 g/mol. The number of H-pyrrole nitrogens is 2. The second-order valence-corrected chi connectivity index (χ2v) is 5.44. The van der Waals surface area contributed by atoms with Crippen LogP contribution in [-0.2, 0) is 0 Å². The highest BCUT2D eigenvalue weighted by molar-refractivity contribution is 5.40. The summed E-state index contributed by atoms with van der Waals surface area (Å²) in [5, 5.41) is 9.73. The van der Waals surface area contributed by atoms with Gasteiger partial charge in [0.25, 0.3) is 5.56 Å². The Bertz CT molecular complexity index is 549. The van der Waals surface area contributed by atoms with Crippen molar-refractivity contribution in [3.8, 4) is 0 Å². The summed E-state index contributed by atoms with van der Waals surface area (Å²) in [6.07, 6.45) is 5.75. The molecular formula is C12H19N5O2. The van der Waals surface area contributed by atoms with Gasteiger partial charge >= 0.3 is 5.69 Å². The second kappa shape index (κ2) is 4.80. The lowest BCUT2D eigenvalue weighted by Crippen LogP contribution is -2.63. The zero-order valence-electron chi connectivity index (χ0n) is 10.9. The standard InChI is InChI=1S/C12H19N5O2/c18-10-9(15-16-11(19)14-10)17-7-6-13-8-12(17)4-2-1-3-5-12/h13H,1-8H2,(H2,14,16,18,19). The Morgan fingerprint density at radius 3 is 2.68 bits per heavy atom. The molecule has 19 heavy (non-hydrogen) atoms. The SMILES string of the molecule is O=c1[nH]nc(N2CCNCC23CCCCC3)c(=O)[nH]1. The van der Waals surface area contributed by atoms with Crippen LogP contribution in [0.3, 0.4) is 0 Å². The molecule has 1 saturated carbocycles. The maximum Gasteiger partial charge on any atom is 0.342 e. The third-order valence-electron chi connectivity index (χ3n) is 4.27. The average Bonchev–Trinajstić information content (AvgIpc) is 2.41. The predicted octanol–water partition coefficient (Wildman–Crippen LogP) is -0.429. The number of aromatic nitrogens is 3. The molecule has 2 heterocycles. The molecule has 1 saturated heterocycles. The Hall–Kier alpha value is -1.63. The van der Waals surface area contributed by atoms with E-state index in [4.69, 9.17) is 0 Å². The molecule has 7 heteroatoms. The molecule has 2 fully saturated rings. The number of aromatic amines is 2. The Balaban J connectivity index is 2.00. The van der Waals surface area contributed by atoms with Crippen LogP contribution in [0, 0.1) is 0 Å². The van der Waals surface area contributed by atoms with Gasteiger partial charge in [0.15, 0.2) is 0 Å². The molecule has 3 N–H and O–H groups in total. The Kier molecular flexibility index (Phi) is 3.14. The lowest BCUT2D eigenvalue weighted by molar-refractivity contribution is 0.238. The first-order valence-corrected chi connectivity index (χ1v) is 6.89. The summed E-state index contributed by atoms with van der Waals surface area (Å²) < 4.78 is 0. The smallest absolute Gasteiger partial charge is 0.342 e. The predicted molar refractivity (Wildman–Crippen MR) is 71.5 cm³/mol. The van der Waals surface area contributed by atoms with Crippen LogP contribution in [0.15, 0.2) is 9.59 Å². The van der Waals surface area contributed by atoms with Crippen molar-refractivity contribution in [3.63, 3.8) is 0 Å². The Morgan fingerprint density at radius 1 is 1.16 bits per heavy atom. The van der Waals surface area contributed by atoms with Crippen LogP contribution < -0.4 is 21.5 Å². The van der Waals surface area contributed by atoms with Gasteiger partial charge in [-0.2, -0.15) is 0 Å². The van der Waals surface area contributed by atoms with E-state index in [1.54, 1.807) is 0 Å². The maximum atomic E-state index is 12.0. The van der Waals surface area contributed by atoms with E-state index in [-0.39, 0.29) is 5.54 Å². The van der Waals surface area contributed by atoms with Crippen LogP contribution >= 0.6 is 0 Å². The van der Waals surface area contributed by atoms with Crippen LogP contribution in [0.25, 0.3) is 0 Å². The third-order valence-corrected chi connectivity index (χ3v) is 4.27. The minimum Gasteiger partial charge on any atom is -0.342 e. The minimum absolute atomic E-state index is 0.0191. The number of hydrogen-bond acceptors (Lipinski definition) is 5. The summed E-state index contributed by atoms with van der Waals surface area (Å²) in [4.78, 5) is 27.4. The minimum atomic E-state index is -0.554. The van der Waals surface area contributed by atoms with Gasteiger partial charge in [-0.3, -0.25) is 9.78 Å². The fourth-order valence-corrected chi connectivity index (χ4v) is 3.36. The molecule has 0 bridgehead atoms. The molecule has 7 nitrogen and oxygen atoms in total. The van der Waals surface area contributed by atoms with Gasteiger partial charge in [0.05, 0.1) is 5.54 Å². The zero-order valence-corrected chi connectivity index (χ0v) is 10.9. The molecule has 1 aliphatic carbocycles. The quantitative estimate of drug-likeness (QED) is 0.640. The van der Waals surface area contributed by atoms with Gasteiger partial charge in [0.1, 0.15) is 0 Å². The normalized spacial score (nSPS) is 22.6. The van der Waals surface area contributed by atoms with Crippen LogP contribution in [0.5, 0.6) is 0 Å². The lowest BCUT2D eigenvalue weighted by Gasteiger charge is -2.49. The number of anilines is 1. The number of nitrogens with zero attached hydrogens (tertiary/aromatic N) is 2. The zero-order chi connectivity index (χ0) is 13.3. The van der Waals surface area contributed by atoms with Crippen molar-refractivity contribution in [1.29, 1.82) is 0 Å². The Morgan fingerprint density at radius 2 is 1.95 bits per heavy atom. The van der Waals surface area contributed by atoms with Crippen molar-refractivity contribution in [1.82, 2.24) is 20.5 Å². The van der Waals surface area contributed by atoms with E-state index >= 15 is 0 Å². The van der Waals surface area contributed by atoms with Crippen molar-refractivity contribution in [2.24, 2.45) is 0 Å². The molecule has 104 valence electrons. The van der Waals surface area contributed by atoms with E-state index in [1.807, 2.05) is 0 Å². The van der Waals surface area contributed by atoms with E-state index in [9.17, 15) is 9.59 Å². The van der Waals surface area contributed by atoms with Crippen molar-refractivity contribution < 1.29 is 0 Å². The van der Waals surface area contributed by atoms with Crippen LogP contribution in [0.1, 0.15) is 32.1 Å². The molecule has 0 atom stereocenters. The first-order valence-electron chi connectivity index (χ1n) is 6.89. The van der Waals surface area contributed by atoms with Gasteiger partial charge in [0.2, 0.25) is 5.82 Å². The highest BCUT2D eigenvalue weighted by atomic mass is 16.2. The average molecular weight is 265 g/mol. The molecule has 1 aromatic heterocycles. The Labute approximate surface area is 110 Å². The largest absolute Gasteiger partial charge is 0.342 e. The van der Waals surface area contributed by atoms with Crippen molar-refractivity contribution >= 4 is 5.82 Å². The molecule has 0 unspecified atom stereocenters. The van der Waals surface area contributed by atoms with Gasteiger partial charge in [-0.25, -0.2) is 9.89 Å².